The van der Waals surface area contributed by atoms with Crippen LogP contribution in [0.2, 0.25) is 0 Å². The summed E-state index contributed by atoms with van der Waals surface area (Å²) in [6.45, 7) is 0.691. The van der Waals surface area contributed by atoms with E-state index in [0.29, 0.717) is 18.1 Å². The summed E-state index contributed by atoms with van der Waals surface area (Å²) in [7, 11) is 1.94. The molecule has 7 heteroatoms. The lowest BCUT2D eigenvalue weighted by Crippen LogP contribution is -2.37. The van der Waals surface area contributed by atoms with Gasteiger partial charge in [-0.3, -0.25) is 4.79 Å². The summed E-state index contributed by atoms with van der Waals surface area (Å²) in [5, 5.41) is 10.2. The average Bonchev–Trinajstić information content (AvgIpc) is 3.25. The van der Waals surface area contributed by atoms with Crippen molar-refractivity contribution in [1.29, 1.82) is 0 Å². The van der Waals surface area contributed by atoms with Crippen LogP contribution in [0.15, 0.2) is 34.1 Å². The van der Waals surface area contributed by atoms with Gasteiger partial charge in [0, 0.05) is 26.0 Å². The number of aryl methyl sites for hydroxylation is 1. The molecule has 0 spiro atoms. The van der Waals surface area contributed by atoms with E-state index < -0.39 is 0 Å². The van der Waals surface area contributed by atoms with Gasteiger partial charge in [0.1, 0.15) is 5.76 Å². The molecule has 2 aromatic rings. The molecule has 1 amide bonds. The van der Waals surface area contributed by atoms with Crippen LogP contribution in [0, 0.1) is 0 Å². The van der Waals surface area contributed by atoms with Gasteiger partial charge in [-0.05, 0) is 25.0 Å². The SMILES string of the molecule is Cn1ccnc1SCc1ccc(C(=O)N2CCC[C@@H]2CO)o1. The highest BCUT2D eigenvalue weighted by atomic mass is 32.2. The zero-order valence-corrected chi connectivity index (χ0v) is 13.3. The number of imidazole rings is 1. The van der Waals surface area contributed by atoms with Crippen molar-refractivity contribution in [1.82, 2.24) is 14.5 Å². The Morgan fingerprint density at radius 3 is 3.14 bits per heavy atom. The number of hydrogen-bond donors (Lipinski definition) is 1. The van der Waals surface area contributed by atoms with Crippen LogP contribution in [0.5, 0.6) is 0 Å². The molecule has 1 N–H and O–H groups in total. The highest BCUT2D eigenvalue weighted by molar-refractivity contribution is 7.98. The van der Waals surface area contributed by atoms with E-state index in [1.807, 2.05) is 23.9 Å². The highest BCUT2D eigenvalue weighted by Gasteiger charge is 2.30. The van der Waals surface area contributed by atoms with E-state index in [4.69, 9.17) is 4.42 Å². The van der Waals surface area contributed by atoms with Crippen molar-refractivity contribution in [2.75, 3.05) is 13.2 Å². The van der Waals surface area contributed by atoms with Gasteiger partial charge in [-0.15, -0.1) is 0 Å². The van der Waals surface area contributed by atoms with Gasteiger partial charge in [0.25, 0.3) is 5.91 Å². The number of carbonyl (C=O) groups excluding carboxylic acids is 1. The monoisotopic (exact) mass is 321 g/mol. The fourth-order valence-electron chi connectivity index (χ4n) is 2.63. The molecule has 1 aliphatic rings. The first kappa shape index (κ1) is 15.2. The summed E-state index contributed by atoms with van der Waals surface area (Å²) < 4.78 is 7.60. The van der Waals surface area contributed by atoms with Crippen LogP contribution in [0.4, 0.5) is 0 Å². The standard InChI is InChI=1S/C15H19N3O3S/c1-17-8-6-16-15(17)22-10-12-4-5-13(21-12)14(20)18-7-2-3-11(18)9-19/h4-6,8,11,19H,2-3,7,9-10H2,1H3/t11-/m1/s1. The van der Waals surface area contributed by atoms with Gasteiger partial charge >= 0.3 is 0 Å². The quantitative estimate of drug-likeness (QED) is 0.852. The number of rotatable bonds is 5. The van der Waals surface area contributed by atoms with Crippen LogP contribution >= 0.6 is 11.8 Å². The molecule has 1 saturated heterocycles. The van der Waals surface area contributed by atoms with Crippen molar-refractivity contribution in [3.8, 4) is 0 Å². The first-order valence-corrected chi connectivity index (χ1v) is 8.28. The number of carbonyl (C=O) groups is 1. The molecule has 1 aliphatic heterocycles. The van der Waals surface area contributed by atoms with Gasteiger partial charge in [-0.25, -0.2) is 4.98 Å². The van der Waals surface area contributed by atoms with Gasteiger partial charge in [0.15, 0.2) is 10.9 Å². The second-order valence-corrected chi connectivity index (χ2v) is 6.30. The van der Waals surface area contributed by atoms with E-state index in [-0.39, 0.29) is 18.6 Å². The third-order valence-electron chi connectivity index (χ3n) is 3.84. The zero-order valence-electron chi connectivity index (χ0n) is 12.4. The fraction of sp³-hybridized carbons (Fsp3) is 0.467. The summed E-state index contributed by atoms with van der Waals surface area (Å²) >= 11 is 1.56. The molecular formula is C15H19N3O3S. The Morgan fingerprint density at radius 1 is 1.55 bits per heavy atom. The topological polar surface area (TPSA) is 71.5 Å². The molecule has 0 aliphatic carbocycles. The van der Waals surface area contributed by atoms with E-state index in [2.05, 4.69) is 4.98 Å². The van der Waals surface area contributed by atoms with Crippen molar-refractivity contribution in [2.24, 2.45) is 7.05 Å². The lowest BCUT2D eigenvalue weighted by atomic mass is 10.2. The Hall–Kier alpha value is -1.73. The van der Waals surface area contributed by atoms with Crippen LogP contribution in [0.1, 0.15) is 29.2 Å². The van der Waals surface area contributed by atoms with Crippen LogP contribution in [0.3, 0.4) is 0 Å². The minimum absolute atomic E-state index is 0.00825. The maximum Gasteiger partial charge on any atom is 0.289 e. The molecule has 0 unspecified atom stereocenters. The third kappa shape index (κ3) is 3.05. The third-order valence-corrected chi connectivity index (χ3v) is 4.92. The Labute approximate surface area is 133 Å². The van der Waals surface area contributed by atoms with Crippen molar-refractivity contribution in [3.63, 3.8) is 0 Å². The fourth-order valence-corrected chi connectivity index (χ4v) is 3.46. The van der Waals surface area contributed by atoms with Crippen molar-refractivity contribution >= 4 is 17.7 Å². The van der Waals surface area contributed by atoms with Gasteiger partial charge in [0.2, 0.25) is 0 Å². The Bertz CT molecular complexity index is 652. The maximum atomic E-state index is 12.4. The number of aromatic nitrogens is 2. The second-order valence-electron chi connectivity index (χ2n) is 5.35. The predicted octanol–water partition coefficient (Wildman–Crippen LogP) is 1.90. The van der Waals surface area contributed by atoms with Gasteiger partial charge in [-0.1, -0.05) is 11.8 Å². The number of thioether (sulfide) groups is 1. The number of furan rings is 1. The highest BCUT2D eigenvalue weighted by Crippen LogP contribution is 2.24. The Balaban J connectivity index is 1.63. The predicted molar refractivity (Wildman–Crippen MR) is 82.6 cm³/mol. The largest absolute Gasteiger partial charge is 0.455 e. The summed E-state index contributed by atoms with van der Waals surface area (Å²) in [5.74, 6) is 1.58. The molecule has 1 atom stereocenters. The molecule has 0 bridgehead atoms. The minimum atomic E-state index is -0.134. The number of likely N-dealkylation sites (tertiary alicyclic amines) is 1. The van der Waals surface area contributed by atoms with Gasteiger partial charge < -0.3 is 19.0 Å². The van der Waals surface area contributed by atoms with Crippen LogP contribution in [-0.2, 0) is 12.8 Å². The first-order valence-electron chi connectivity index (χ1n) is 7.29. The van der Waals surface area contributed by atoms with E-state index in [0.717, 1.165) is 23.8 Å². The van der Waals surface area contributed by atoms with Crippen LogP contribution in [0.25, 0.3) is 0 Å². The lowest BCUT2D eigenvalue weighted by molar-refractivity contribution is 0.0644. The maximum absolute atomic E-state index is 12.4. The summed E-state index contributed by atoms with van der Waals surface area (Å²) in [5.41, 5.74) is 0. The van der Waals surface area contributed by atoms with E-state index in [9.17, 15) is 9.90 Å². The minimum Gasteiger partial charge on any atom is -0.455 e. The number of aliphatic hydroxyl groups is 1. The second kappa shape index (κ2) is 6.58. The molecule has 0 aromatic carbocycles. The van der Waals surface area contributed by atoms with Gasteiger partial charge in [-0.2, -0.15) is 0 Å². The molecular weight excluding hydrogens is 302 g/mol. The van der Waals surface area contributed by atoms with Crippen molar-refractivity contribution < 1.29 is 14.3 Å². The normalized spacial score (nSPS) is 18.1. The van der Waals surface area contributed by atoms with Gasteiger partial charge in [0.05, 0.1) is 18.4 Å². The summed E-state index contributed by atoms with van der Waals surface area (Å²) in [6, 6.07) is 3.46. The summed E-state index contributed by atoms with van der Waals surface area (Å²) in [4.78, 5) is 18.4. The number of hydrogen-bond acceptors (Lipinski definition) is 5. The molecule has 0 saturated carbocycles. The Morgan fingerprint density at radius 2 is 2.41 bits per heavy atom. The number of nitrogens with zero attached hydrogens (tertiary/aromatic N) is 3. The molecule has 6 nitrogen and oxygen atoms in total. The molecule has 2 aromatic heterocycles. The molecule has 1 fully saturated rings. The number of aliphatic hydroxyl groups excluding tert-OH is 1. The Kier molecular flexibility index (Phi) is 4.54. The lowest BCUT2D eigenvalue weighted by Gasteiger charge is -2.21. The van der Waals surface area contributed by atoms with Crippen molar-refractivity contribution in [3.05, 3.63) is 36.0 Å². The number of amides is 1. The first-order chi connectivity index (χ1) is 10.7. The zero-order chi connectivity index (χ0) is 15.5. The smallest absolute Gasteiger partial charge is 0.289 e. The van der Waals surface area contributed by atoms with Crippen LogP contribution < -0.4 is 0 Å². The summed E-state index contributed by atoms with van der Waals surface area (Å²) in [6.07, 6.45) is 5.42. The van der Waals surface area contributed by atoms with E-state index in [1.165, 1.54) is 0 Å². The molecule has 118 valence electrons. The average molecular weight is 321 g/mol. The van der Waals surface area contributed by atoms with E-state index >= 15 is 0 Å². The molecule has 22 heavy (non-hydrogen) atoms. The molecule has 3 heterocycles. The van der Waals surface area contributed by atoms with Crippen LogP contribution in [-0.4, -0.2) is 44.7 Å². The molecule has 3 rings (SSSR count). The van der Waals surface area contributed by atoms with Crippen molar-refractivity contribution in [2.45, 2.75) is 29.8 Å². The van der Waals surface area contributed by atoms with E-state index in [1.54, 1.807) is 28.9 Å². The molecule has 0 radical (unpaired) electrons.